The molecule has 2 aliphatic heterocycles. The number of nitrogens with two attached hydrogens (primary N) is 1. The molecule has 1 unspecified atom stereocenters. The molecule has 1 atom stereocenters. The molecule has 0 spiro atoms. The minimum atomic E-state index is -0.706. The van der Waals surface area contributed by atoms with E-state index in [1.165, 1.54) is 23.1 Å². The van der Waals surface area contributed by atoms with Gasteiger partial charge in [0.1, 0.15) is 6.04 Å². The van der Waals surface area contributed by atoms with Crippen LogP contribution in [0, 0.1) is 10.1 Å². The number of hydrogen-bond donors (Lipinski definition) is 1. The zero-order chi connectivity index (χ0) is 15.1. The van der Waals surface area contributed by atoms with Crippen LogP contribution in [0.15, 0.2) is 18.2 Å². The van der Waals surface area contributed by atoms with Crippen molar-refractivity contribution in [2.75, 3.05) is 0 Å². The van der Waals surface area contributed by atoms with Crippen molar-refractivity contribution in [1.29, 1.82) is 0 Å². The van der Waals surface area contributed by atoms with Gasteiger partial charge in [0.15, 0.2) is 0 Å². The first kappa shape index (κ1) is 13.4. The van der Waals surface area contributed by atoms with Crippen LogP contribution in [-0.2, 0) is 16.1 Å². The number of fused-ring (bicyclic) bond motifs is 1. The average Bonchev–Trinajstić information content (AvgIpc) is 2.76. The van der Waals surface area contributed by atoms with Crippen molar-refractivity contribution in [2.24, 2.45) is 0 Å². The highest BCUT2D eigenvalue weighted by molar-refractivity contribution is 6.02. The molecule has 1 fully saturated rings. The van der Waals surface area contributed by atoms with E-state index in [1.54, 1.807) is 0 Å². The molecule has 0 saturated carbocycles. The van der Waals surface area contributed by atoms with Gasteiger partial charge in [0.2, 0.25) is 0 Å². The number of imide groups is 1. The monoisotopic (exact) mass is 290 g/mol. The number of quaternary nitrogens is 1. The van der Waals surface area contributed by atoms with Crippen LogP contribution in [0.3, 0.4) is 0 Å². The molecule has 0 bridgehead atoms. The smallest absolute Gasteiger partial charge is 0.318 e. The second kappa shape index (κ2) is 4.74. The molecule has 2 heterocycles. The third-order valence-corrected chi connectivity index (χ3v) is 3.84. The summed E-state index contributed by atoms with van der Waals surface area (Å²) in [5, 5.41) is 12.0. The maximum atomic E-state index is 12.4. The Morgan fingerprint density at radius 2 is 2.05 bits per heavy atom. The number of hydrogen-bond acceptors (Lipinski definition) is 5. The summed E-state index contributed by atoms with van der Waals surface area (Å²) < 4.78 is 0. The predicted octanol–water partition coefficient (Wildman–Crippen LogP) is -0.670. The number of rotatable bonds is 2. The fourth-order valence-corrected chi connectivity index (χ4v) is 2.82. The van der Waals surface area contributed by atoms with E-state index in [0.29, 0.717) is 5.56 Å². The third kappa shape index (κ3) is 2.09. The van der Waals surface area contributed by atoms with Crippen LogP contribution < -0.4 is 5.32 Å². The molecule has 3 amide bonds. The second-order valence-electron chi connectivity index (χ2n) is 5.06. The van der Waals surface area contributed by atoms with Crippen LogP contribution in [0.25, 0.3) is 0 Å². The number of nitrogens with zero attached hydrogens (tertiary/aromatic N) is 2. The van der Waals surface area contributed by atoms with Crippen LogP contribution in [0.1, 0.15) is 28.8 Å². The Labute approximate surface area is 118 Å². The fraction of sp³-hybridized carbons (Fsp3) is 0.308. The number of nitro groups is 1. The number of amides is 3. The Morgan fingerprint density at radius 3 is 2.71 bits per heavy atom. The Kier molecular flexibility index (Phi) is 3.02. The molecule has 8 heteroatoms. The van der Waals surface area contributed by atoms with E-state index in [9.17, 15) is 24.5 Å². The maximum Gasteiger partial charge on any atom is 0.340 e. The second-order valence-corrected chi connectivity index (χ2v) is 5.06. The van der Waals surface area contributed by atoms with Crippen molar-refractivity contribution in [2.45, 2.75) is 25.4 Å². The molecule has 0 aromatic heterocycles. The predicted molar refractivity (Wildman–Crippen MR) is 67.9 cm³/mol. The summed E-state index contributed by atoms with van der Waals surface area (Å²) >= 11 is 0. The highest BCUT2D eigenvalue weighted by Gasteiger charge is 2.43. The van der Waals surface area contributed by atoms with Gasteiger partial charge in [-0.2, -0.15) is 0 Å². The number of carbonyl (C=O) groups excluding carboxylic acids is 3. The molecule has 21 heavy (non-hydrogen) atoms. The van der Waals surface area contributed by atoms with Gasteiger partial charge in [0.05, 0.1) is 29.0 Å². The summed E-state index contributed by atoms with van der Waals surface area (Å²) in [7, 11) is 0. The van der Waals surface area contributed by atoms with Crippen LogP contribution in [0.4, 0.5) is 5.69 Å². The highest BCUT2D eigenvalue weighted by Crippen LogP contribution is 2.32. The van der Waals surface area contributed by atoms with E-state index >= 15 is 0 Å². The molecule has 8 nitrogen and oxygen atoms in total. The summed E-state index contributed by atoms with van der Waals surface area (Å²) in [6.45, 7) is 0.0315. The molecule has 1 saturated heterocycles. The average molecular weight is 290 g/mol. The van der Waals surface area contributed by atoms with Crippen LogP contribution in [-0.4, -0.2) is 33.6 Å². The van der Waals surface area contributed by atoms with Gasteiger partial charge >= 0.3 is 11.8 Å². The molecular weight excluding hydrogens is 278 g/mol. The topological polar surface area (TPSA) is 114 Å². The van der Waals surface area contributed by atoms with E-state index in [-0.39, 0.29) is 36.5 Å². The maximum absolute atomic E-state index is 12.4. The molecule has 0 radical (unpaired) electrons. The van der Waals surface area contributed by atoms with Crippen molar-refractivity contribution in [3.63, 3.8) is 0 Å². The number of carbonyl (C=O) groups is 3. The Balaban J connectivity index is 1.94. The summed E-state index contributed by atoms with van der Waals surface area (Å²) in [6.07, 6.45) is 0.473. The Hall–Kier alpha value is -2.61. The summed E-state index contributed by atoms with van der Waals surface area (Å²) in [6, 6.07) is 3.61. The molecule has 1 aromatic carbocycles. The molecule has 3 rings (SSSR count). The first-order valence-corrected chi connectivity index (χ1v) is 6.47. The molecule has 2 N–H and O–H groups in total. The zero-order valence-electron chi connectivity index (χ0n) is 10.9. The standard InChI is InChI=1S/C13H11N3O5/c17-11-5-4-10(12(18)14-11)15-6-8-7(13(15)19)2-1-3-9(8)16(20)21/h1-3,10H,4-6H2,(H,14,17,18)/p+1. The minimum Gasteiger partial charge on any atom is -0.318 e. The van der Waals surface area contributed by atoms with Gasteiger partial charge in [0.25, 0.3) is 11.6 Å². The van der Waals surface area contributed by atoms with E-state index in [2.05, 4.69) is 0 Å². The first-order valence-electron chi connectivity index (χ1n) is 6.47. The molecule has 108 valence electrons. The normalized spacial score (nSPS) is 21.6. The largest absolute Gasteiger partial charge is 0.340 e. The summed E-state index contributed by atoms with van der Waals surface area (Å²) in [4.78, 5) is 47.3. The first-order chi connectivity index (χ1) is 9.99. The van der Waals surface area contributed by atoms with Crippen molar-refractivity contribution in [1.82, 2.24) is 4.90 Å². The number of benzene rings is 1. The zero-order valence-corrected chi connectivity index (χ0v) is 10.9. The quantitative estimate of drug-likeness (QED) is 0.441. The third-order valence-electron chi connectivity index (χ3n) is 3.84. The summed E-state index contributed by atoms with van der Waals surface area (Å²) in [5.74, 6) is -1.05. The lowest BCUT2D eigenvalue weighted by Crippen LogP contribution is -2.96. The fourth-order valence-electron chi connectivity index (χ4n) is 2.82. The van der Waals surface area contributed by atoms with E-state index in [4.69, 9.17) is 0 Å². The number of primary amides is 2. The summed E-state index contributed by atoms with van der Waals surface area (Å²) in [5.41, 5.74) is 0.470. The van der Waals surface area contributed by atoms with Gasteiger partial charge in [-0.25, -0.2) is 14.9 Å². The number of nitro benzene ring substituents is 1. The lowest BCUT2D eigenvalue weighted by atomic mass is 10.0. The van der Waals surface area contributed by atoms with E-state index < -0.39 is 22.8 Å². The lowest BCUT2D eigenvalue weighted by Gasteiger charge is -2.26. The van der Waals surface area contributed by atoms with Gasteiger partial charge in [0, 0.05) is 6.07 Å². The van der Waals surface area contributed by atoms with Crippen LogP contribution in [0.5, 0.6) is 0 Å². The lowest BCUT2D eigenvalue weighted by molar-refractivity contribution is -0.495. The van der Waals surface area contributed by atoms with Crippen molar-refractivity contribution in [3.8, 4) is 0 Å². The van der Waals surface area contributed by atoms with Gasteiger partial charge in [-0.15, -0.1) is 0 Å². The van der Waals surface area contributed by atoms with Gasteiger partial charge in [-0.3, -0.25) is 14.9 Å². The van der Waals surface area contributed by atoms with E-state index in [1.807, 2.05) is 0 Å². The SMILES string of the molecule is O=C1CCC(N2Cc3c(cccc3[N+](=O)[O-])C2=O)C(=O)[NH2+]1. The molecule has 2 aliphatic rings. The van der Waals surface area contributed by atoms with Gasteiger partial charge < -0.3 is 4.90 Å². The van der Waals surface area contributed by atoms with Crippen molar-refractivity contribution >= 4 is 23.4 Å². The minimum absolute atomic E-state index is 0.0315. The Bertz CT molecular complexity index is 684. The molecule has 1 aromatic rings. The van der Waals surface area contributed by atoms with Crippen LogP contribution in [0.2, 0.25) is 0 Å². The number of piperidine rings is 1. The van der Waals surface area contributed by atoms with Crippen molar-refractivity contribution < 1.29 is 24.6 Å². The Morgan fingerprint density at radius 1 is 1.29 bits per heavy atom. The van der Waals surface area contributed by atoms with Crippen molar-refractivity contribution in [3.05, 3.63) is 39.4 Å². The van der Waals surface area contributed by atoms with Gasteiger partial charge in [-0.1, -0.05) is 6.07 Å². The van der Waals surface area contributed by atoms with Gasteiger partial charge in [-0.05, 0) is 12.5 Å². The van der Waals surface area contributed by atoms with E-state index in [0.717, 1.165) is 5.32 Å². The highest BCUT2D eigenvalue weighted by atomic mass is 16.6. The van der Waals surface area contributed by atoms with Crippen LogP contribution >= 0.6 is 0 Å². The molecule has 0 aliphatic carbocycles. The molecular formula is C13H12N3O5+.